The van der Waals surface area contributed by atoms with Gasteiger partial charge in [-0.3, -0.25) is 4.98 Å². The van der Waals surface area contributed by atoms with Gasteiger partial charge in [-0.15, -0.1) is 11.0 Å². The van der Waals surface area contributed by atoms with Crippen LogP contribution in [0.1, 0.15) is 6.92 Å². The van der Waals surface area contributed by atoms with E-state index in [1.165, 1.54) is 0 Å². The number of hydrogen-bond acceptors (Lipinski definition) is 5. The average molecular weight is 188 g/mol. The number of tetrazole rings is 1. The summed E-state index contributed by atoms with van der Waals surface area (Å²) in [5.74, 6) is 6.40. The SMILES string of the molecule is CC#CCNc1cncc2nnnn12. The first kappa shape index (κ1) is 8.44. The maximum atomic E-state index is 3.99. The van der Waals surface area contributed by atoms with Crippen LogP contribution in [0.4, 0.5) is 5.82 Å². The van der Waals surface area contributed by atoms with E-state index in [0.717, 1.165) is 5.82 Å². The van der Waals surface area contributed by atoms with E-state index in [9.17, 15) is 0 Å². The van der Waals surface area contributed by atoms with Crippen molar-refractivity contribution in [2.75, 3.05) is 11.9 Å². The van der Waals surface area contributed by atoms with Crippen molar-refractivity contribution in [2.45, 2.75) is 6.92 Å². The molecule has 0 fully saturated rings. The summed E-state index contributed by atoms with van der Waals surface area (Å²) in [6.45, 7) is 2.34. The molecule has 0 unspecified atom stereocenters. The number of rotatable bonds is 2. The van der Waals surface area contributed by atoms with Crippen LogP contribution in [0.2, 0.25) is 0 Å². The van der Waals surface area contributed by atoms with Crippen LogP contribution in [-0.2, 0) is 0 Å². The fraction of sp³-hybridized carbons (Fsp3) is 0.250. The molecule has 0 saturated carbocycles. The van der Waals surface area contributed by atoms with Crippen LogP contribution >= 0.6 is 0 Å². The van der Waals surface area contributed by atoms with Gasteiger partial charge in [-0.1, -0.05) is 5.92 Å². The molecule has 70 valence electrons. The summed E-state index contributed by atoms with van der Waals surface area (Å²) in [6.07, 6.45) is 3.25. The molecule has 2 heterocycles. The standard InChI is InChI=1S/C8H8N6/c1-2-3-4-10-7-5-9-6-8-11-12-13-14(7)8/h5-6,10H,4H2,1H3. The number of nitrogens with zero attached hydrogens (tertiary/aromatic N) is 5. The van der Waals surface area contributed by atoms with Gasteiger partial charge in [-0.05, 0) is 17.4 Å². The first-order valence-electron chi connectivity index (χ1n) is 4.07. The summed E-state index contributed by atoms with van der Waals surface area (Å²) in [5, 5.41) is 14.2. The monoisotopic (exact) mass is 188 g/mol. The van der Waals surface area contributed by atoms with Crippen molar-refractivity contribution in [2.24, 2.45) is 0 Å². The zero-order valence-corrected chi connectivity index (χ0v) is 7.60. The molecule has 0 aliphatic carbocycles. The fourth-order valence-corrected chi connectivity index (χ4v) is 1.02. The van der Waals surface area contributed by atoms with E-state index in [4.69, 9.17) is 0 Å². The van der Waals surface area contributed by atoms with Crippen molar-refractivity contribution in [1.29, 1.82) is 0 Å². The Bertz CT molecular complexity index is 491. The number of hydrogen-bond donors (Lipinski definition) is 1. The normalized spacial score (nSPS) is 9.50. The van der Waals surface area contributed by atoms with Gasteiger partial charge in [0.15, 0.2) is 11.5 Å². The molecule has 6 nitrogen and oxygen atoms in total. The molecule has 1 N–H and O–H groups in total. The van der Waals surface area contributed by atoms with Crippen LogP contribution < -0.4 is 5.32 Å². The van der Waals surface area contributed by atoms with Gasteiger partial charge in [-0.2, -0.15) is 4.52 Å². The average Bonchev–Trinajstić information content (AvgIpc) is 2.67. The zero-order valence-electron chi connectivity index (χ0n) is 7.60. The van der Waals surface area contributed by atoms with E-state index < -0.39 is 0 Å². The highest BCUT2D eigenvalue weighted by atomic mass is 15.5. The van der Waals surface area contributed by atoms with Crippen molar-refractivity contribution in [3.63, 3.8) is 0 Å². The van der Waals surface area contributed by atoms with E-state index in [1.807, 2.05) is 0 Å². The van der Waals surface area contributed by atoms with Gasteiger partial charge in [0.2, 0.25) is 0 Å². The summed E-state index contributed by atoms with van der Waals surface area (Å²) >= 11 is 0. The summed E-state index contributed by atoms with van der Waals surface area (Å²) in [7, 11) is 0. The van der Waals surface area contributed by atoms with Crippen molar-refractivity contribution >= 4 is 11.5 Å². The Hall–Kier alpha value is -2.16. The Kier molecular flexibility index (Phi) is 2.23. The van der Waals surface area contributed by atoms with Gasteiger partial charge in [0, 0.05) is 0 Å². The van der Waals surface area contributed by atoms with Gasteiger partial charge in [-0.25, -0.2) is 0 Å². The van der Waals surface area contributed by atoms with Crippen molar-refractivity contribution in [3.8, 4) is 11.8 Å². The molecule has 2 aromatic heterocycles. The molecule has 2 rings (SSSR count). The highest BCUT2D eigenvalue weighted by Gasteiger charge is 2.01. The van der Waals surface area contributed by atoms with Gasteiger partial charge < -0.3 is 5.32 Å². The molecule has 0 saturated heterocycles. The summed E-state index contributed by atoms with van der Waals surface area (Å²) in [6, 6.07) is 0. The lowest BCUT2D eigenvalue weighted by Gasteiger charge is -2.01. The van der Waals surface area contributed by atoms with Crippen LogP contribution in [0.3, 0.4) is 0 Å². The van der Waals surface area contributed by atoms with Crippen molar-refractivity contribution in [1.82, 2.24) is 25.0 Å². The van der Waals surface area contributed by atoms with Gasteiger partial charge in [0.1, 0.15) is 0 Å². The number of anilines is 1. The first-order valence-corrected chi connectivity index (χ1v) is 4.07. The highest BCUT2D eigenvalue weighted by molar-refractivity contribution is 5.44. The van der Waals surface area contributed by atoms with Crippen LogP contribution in [0, 0.1) is 11.8 Å². The van der Waals surface area contributed by atoms with Gasteiger partial charge in [0.05, 0.1) is 18.9 Å². The molecule has 0 amide bonds. The second-order valence-electron chi connectivity index (χ2n) is 2.52. The van der Waals surface area contributed by atoms with Crippen LogP contribution in [0.25, 0.3) is 5.65 Å². The predicted molar refractivity (Wildman–Crippen MR) is 50.5 cm³/mol. The number of nitrogens with one attached hydrogen (secondary N) is 1. The lowest BCUT2D eigenvalue weighted by atomic mass is 10.5. The lowest BCUT2D eigenvalue weighted by Crippen LogP contribution is -2.05. The third kappa shape index (κ3) is 1.47. The molecule has 14 heavy (non-hydrogen) atoms. The Balaban J connectivity index is 2.30. The van der Waals surface area contributed by atoms with Gasteiger partial charge >= 0.3 is 0 Å². The Morgan fingerprint density at radius 3 is 3.29 bits per heavy atom. The third-order valence-electron chi connectivity index (χ3n) is 1.64. The molecule has 0 aromatic carbocycles. The third-order valence-corrected chi connectivity index (χ3v) is 1.64. The van der Waals surface area contributed by atoms with E-state index in [0.29, 0.717) is 12.2 Å². The largest absolute Gasteiger partial charge is 0.358 e. The van der Waals surface area contributed by atoms with Gasteiger partial charge in [0.25, 0.3) is 0 Å². The van der Waals surface area contributed by atoms with Crippen LogP contribution in [0.5, 0.6) is 0 Å². The minimum Gasteiger partial charge on any atom is -0.358 e. The van der Waals surface area contributed by atoms with Crippen LogP contribution in [-0.4, -0.2) is 31.6 Å². The Morgan fingerprint density at radius 1 is 1.50 bits per heavy atom. The molecule has 0 aliphatic rings. The maximum Gasteiger partial charge on any atom is 0.199 e. The van der Waals surface area contributed by atoms with Crippen LogP contribution in [0.15, 0.2) is 12.4 Å². The second-order valence-corrected chi connectivity index (χ2v) is 2.52. The summed E-state index contributed by atoms with van der Waals surface area (Å²) in [4.78, 5) is 3.99. The quantitative estimate of drug-likeness (QED) is 0.669. The van der Waals surface area contributed by atoms with Crippen molar-refractivity contribution < 1.29 is 0 Å². The predicted octanol–water partition coefficient (Wildman–Crippen LogP) is -0.0455. The minimum atomic E-state index is 0.553. The molecular formula is C8H8N6. The number of aromatic nitrogens is 5. The second kappa shape index (κ2) is 3.70. The minimum absolute atomic E-state index is 0.553. The molecule has 0 aliphatic heterocycles. The molecule has 0 bridgehead atoms. The molecule has 0 spiro atoms. The van der Waals surface area contributed by atoms with Crippen molar-refractivity contribution in [3.05, 3.63) is 12.4 Å². The molecule has 6 heteroatoms. The molecule has 0 radical (unpaired) electrons. The Labute approximate surface area is 80.3 Å². The van der Waals surface area contributed by atoms with E-state index >= 15 is 0 Å². The zero-order chi connectivity index (χ0) is 9.80. The Morgan fingerprint density at radius 2 is 2.43 bits per heavy atom. The highest BCUT2D eigenvalue weighted by Crippen LogP contribution is 2.04. The molecule has 2 aromatic rings. The number of fused-ring (bicyclic) bond motifs is 1. The van der Waals surface area contributed by atoms with E-state index in [2.05, 4.69) is 37.7 Å². The fourth-order valence-electron chi connectivity index (χ4n) is 1.02. The molecular weight excluding hydrogens is 180 g/mol. The molecule has 0 atom stereocenters. The van der Waals surface area contributed by atoms with E-state index in [-0.39, 0.29) is 0 Å². The summed E-state index contributed by atoms with van der Waals surface area (Å²) in [5.41, 5.74) is 0.611. The van der Waals surface area contributed by atoms with E-state index in [1.54, 1.807) is 23.8 Å². The maximum absolute atomic E-state index is 3.99. The lowest BCUT2D eigenvalue weighted by molar-refractivity contribution is 0.823. The smallest absolute Gasteiger partial charge is 0.199 e. The topological polar surface area (TPSA) is 68.0 Å². The first-order chi connectivity index (χ1) is 6.92. The summed E-state index contributed by atoms with van der Waals surface area (Å²) < 4.78 is 1.57.